The SMILES string of the molecule is CC(C)(c1ccccc1)c1cnc(-c2nc(N=O)cc(=O)[nH]2)o1. The third kappa shape index (κ3) is 2.80. The van der Waals surface area contributed by atoms with Crippen LogP contribution in [-0.2, 0) is 5.41 Å². The smallest absolute Gasteiger partial charge is 0.263 e. The van der Waals surface area contributed by atoms with E-state index in [1.165, 1.54) is 0 Å². The zero-order valence-corrected chi connectivity index (χ0v) is 12.6. The van der Waals surface area contributed by atoms with Gasteiger partial charge < -0.3 is 9.40 Å². The van der Waals surface area contributed by atoms with E-state index < -0.39 is 11.0 Å². The van der Waals surface area contributed by atoms with Gasteiger partial charge in [0.05, 0.1) is 12.3 Å². The molecule has 1 N–H and O–H groups in total. The Kier molecular flexibility index (Phi) is 3.61. The summed E-state index contributed by atoms with van der Waals surface area (Å²) in [6.45, 7) is 4.01. The van der Waals surface area contributed by atoms with Gasteiger partial charge in [-0.1, -0.05) is 30.3 Å². The summed E-state index contributed by atoms with van der Waals surface area (Å²) < 4.78 is 5.76. The van der Waals surface area contributed by atoms with E-state index in [4.69, 9.17) is 4.42 Å². The van der Waals surface area contributed by atoms with Gasteiger partial charge in [-0.2, -0.15) is 0 Å². The maximum absolute atomic E-state index is 11.5. The molecule has 0 spiro atoms. The summed E-state index contributed by atoms with van der Waals surface area (Å²) in [7, 11) is 0. The van der Waals surface area contributed by atoms with Gasteiger partial charge in [0.1, 0.15) is 5.76 Å². The molecule has 7 nitrogen and oxygen atoms in total. The molecule has 2 heterocycles. The molecule has 0 unspecified atom stereocenters. The summed E-state index contributed by atoms with van der Waals surface area (Å²) in [5.74, 6) is 0.602. The number of rotatable bonds is 4. The minimum atomic E-state index is -0.494. The van der Waals surface area contributed by atoms with E-state index in [0.717, 1.165) is 11.6 Å². The molecule has 0 atom stereocenters. The van der Waals surface area contributed by atoms with E-state index in [9.17, 15) is 9.70 Å². The van der Waals surface area contributed by atoms with E-state index in [2.05, 4.69) is 20.1 Å². The Morgan fingerprint density at radius 3 is 2.65 bits per heavy atom. The molecule has 0 amide bonds. The largest absolute Gasteiger partial charge is 0.438 e. The van der Waals surface area contributed by atoms with Gasteiger partial charge in [0.15, 0.2) is 5.82 Å². The number of nitroso groups, excluding NO2 is 1. The fourth-order valence-corrected chi connectivity index (χ4v) is 2.26. The molecule has 0 fully saturated rings. The Bertz CT molecular complexity index is 897. The monoisotopic (exact) mass is 310 g/mol. The standard InChI is InChI=1S/C16H14N4O3/c1-16(2,10-6-4-3-5-7-10)11-9-17-15(23-11)14-18-12(20-22)8-13(21)19-14/h3-9H,1-2H3,(H,18,19,21). The molecule has 0 aliphatic carbocycles. The molecule has 116 valence electrons. The number of nitrogens with zero attached hydrogens (tertiary/aromatic N) is 3. The second kappa shape index (κ2) is 5.60. The van der Waals surface area contributed by atoms with Crippen LogP contribution < -0.4 is 5.56 Å². The maximum Gasteiger partial charge on any atom is 0.263 e. The van der Waals surface area contributed by atoms with Gasteiger partial charge in [-0.15, -0.1) is 4.91 Å². The van der Waals surface area contributed by atoms with Crippen LogP contribution in [0.5, 0.6) is 0 Å². The first kappa shape index (κ1) is 14.8. The second-order valence-corrected chi connectivity index (χ2v) is 5.56. The molecule has 3 aromatic rings. The van der Waals surface area contributed by atoms with Crippen LogP contribution in [0.1, 0.15) is 25.2 Å². The topological polar surface area (TPSA) is 101 Å². The van der Waals surface area contributed by atoms with Gasteiger partial charge in [0.2, 0.25) is 5.82 Å². The van der Waals surface area contributed by atoms with Crippen LogP contribution in [0, 0.1) is 4.91 Å². The number of benzene rings is 1. The van der Waals surface area contributed by atoms with E-state index in [1.54, 1.807) is 6.20 Å². The molecule has 0 aliphatic heterocycles. The molecule has 0 bridgehead atoms. The minimum absolute atomic E-state index is 0.0715. The highest BCUT2D eigenvalue weighted by Crippen LogP contribution is 2.33. The summed E-state index contributed by atoms with van der Waals surface area (Å²) in [6, 6.07) is 10.9. The van der Waals surface area contributed by atoms with Crippen LogP contribution in [-0.4, -0.2) is 15.0 Å². The Morgan fingerprint density at radius 2 is 1.96 bits per heavy atom. The highest BCUT2D eigenvalue weighted by molar-refractivity contribution is 5.45. The van der Waals surface area contributed by atoms with Crippen LogP contribution in [0.15, 0.2) is 57.0 Å². The summed E-state index contributed by atoms with van der Waals surface area (Å²) in [5.41, 5.74) is 0.159. The molecule has 0 aliphatic rings. The molecule has 3 rings (SSSR count). The quantitative estimate of drug-likeness (QED) is 0.746. The predicted molar refractivity (Wildman–Crippen MR) is 84.4 cm³/mol. The third-order valence-electron chi connectivity index (χ3n) is 3.64. The van der Waals surface area contributed by atoms with E-state index in [-0.39, 0.29) is 17.5 Å². The average molecular weight is 310 g/mol. The highest BCUT2D eigenvalue weighted by Gasteiger charge is 2.28. The molecule has 0 saturated carbocycles. The van der Waals surface area contributed by atoms with Crippen LogP contribution in [0.3, 0.4) is 0 Å². The number of hydrogen-bond acceptors (Lipinski definition) is 6. The fourth-order valence-electron chi connectivity index (χ4n) is 2.26. The average Bonchev–Trinajstić information content (AvgIpc) is 3.06. The first-order valence-corrected chi connectivity index (χ1v) is 6.97. The molecule has 7 heteroatoms. The van der Waals surface area contributed by atoms with Gasteiger partial charge in [0, 0.05) is 5.41 Å². The molecule has 2 aromatic heterocycles. The molecule has 0 radical (unpaired) electrons. The molecule has 0 saturated heterocycles. The summed E-state index contributed by atoms with van der Waals surface area (Å²) >= 11 is 0. The van der Waals surface area contributed by atoms with Gasteiger partial charge in [-0.05, 0) is 24.6 Å². The van der Waals surface area contributed by atoms with E-state index in [0.29, 0.717) is 5.76 Å². The van der Waals surface area contributed by atoms with Crippen LogP contribution in [0.4, 0.5) is 5.82 Å². The van der Waals surface area contributed by atoms with Crippen molar-refractivity contribution in [1.29, 1.82) is 0 Å². The number of nitrogens with one attached hydrogen (secondary N) is 1. The lowest BCUT2D eigenvalue weighted by Gasteiger charge is -2.21. The van der Waals surface area contributed by atoms with Gasteiger partial charge in [-0.3, -0.25) is 4.79 Å². The van der Waals surface area contributed by atoms with Gasteiger partial charge in [0.25, 0.3) is 11.4 Å². The minimum Gasteiger partial charge on any atom is -0.438 e. The van der Waals surface area contributed by atoms with Crippen molar-refractivity contribution >= 4 is 5.82 Å². The zero-order chi connectivity index (χ0) is 16.4. The highest BCUT2D eigenvalue weighted by atomic mass is 16.4. The van der Waals surface area contributed by atoms with Crippen molar-refractivity contribution in [1.82, 2.24) is 15.0 Å². The number of aromatic amines is 1. The Balaban J connectivity index is 2.02. The predicted octanol–water partition coefficient (Wildman–Crippen LogP) is 3.15. The van der Waals surface area contributed by atoms with Crippen molar-refractivity contribution in [2.24, 2.45) is 5.18 Å². The summed E-state index contributed by atoms with van der Waals surface area (Å²) in [4.78, 5) is 32.6. The second-order valence-electron chi connectivity index (χ2n) is 5.56. The molecular formula is C16H14N4O3. The summed E-state index contributed by atoms with van der Waals surface area (Å²) in [5, 5.41) is 2.67. The number of H-pyrrole nitrogens is 1. The lowest BCUT2D eigenvalue weighted by atomic mass is 9.83. The van der Waals surface area contributed by atoms with Crippen LogP contribution in [0.2, 0.25) is 0 Å². The van der Waals surface area contributed by atoms with Gasteiger partial charge >= 0.3 is 0 Å². The maximum atomic E-state index is 11.5. The lowest BCUT2D eigenvalue weighted by molar-refractivity contribution is 0.434. The van der Waals surface area contributed by atoms with E-state index >= 15 is 0 Å². The molecule has 23 heavy (non-hydrogen) atoms. The van der Waals surface area contributed by atoms with Crippen molar-refractivity contribution in [2.75, 3.05) is 0 Å². The van der Waals surface area contributed by atoms with Crippen molar-refractivity contribution in [2.45, 2.75) is 19.3 Å². The summed E-state index contributed by atoms with van der Waals surface area (Å²) in [6.07, 6.45) is 1.59. The van der Waals surface area contributed by atoms with Crippen molar-refractivity contribution in [3.8, 4) is 11.7 Å². The Hall–Kier alpha value is -3.09. The number of aromatic nitrogens is 3. The Morgan fingerprint density at radius 1 is 1.22 bits per heavy atom. The van der Waals surface area contributed by atoms with E-state index in [1.807, 2.05) is 44.2 Å². The molecule has 1 aromatic carbocycles. The fraction of sp³-hybridized carbons (Fsp3) is 0.188. The lowest BCUT2D eigenvalue weighted by Crippen LogP contribution is -2.17. The van der Waals surface area contributed by atoms with Crippen LogP contribution >= 0.6 is 0 Å². The van der Waals surface area contributed by atoms with Crippen LogP contribution in [0.25, 0.3) is 11.7 Å². The third-order valence-corrected chi connectivity index (χ3v) is 3.64. The van der Waals surface area contributed by atoms with Crippen molar-refractivity contribution < 1.29 is 4.42 Å². The first-order valence-electron chi connectivity index (χ1n) is 6.97. The Labute approximate surface area is 131 Å². The normalized spacial score (nSPS) is 11.4. The first-order chi connectivity index (χ1) is 11.0. The zero-order valence-electron chi connectivity index (χ0n) is 12.6. The number of hydrogen-bond donors (Lipinski definition) is 1. The molecular weight excluding hydrogens is 296 g/mol. The van der Waals surface area contributed by atoms with Crippen molar-refractivity contribution in [3.63, 3.8) is 0 Å². The number of oxazole rings is 1. The van der Waals surface area contributed by atoms with Crippen molar-refractivity contribution in [3.05, 3.63) is 69.2 Å². The van der Waals surface area contributed by atoms with Gasteiger partial charge in [-0.25, -0.2) is 9.97 Å².